The van der Waals surface area contributed by atoms with Gasteiger partial charge in [0.15, 0.2) is 5.78 Å². The maximum atomic E-state index is 12.5. The van der Waals surface area contributed by atoms with E-state index in [1.54, 1.807) is 53.5 Å². The maximum Gasteiger partial charge on any atom is 0.185 e. The summed E-state index contributed by atoms with van der Waals surface area (Å²) in [6, 6.07) is 20.5. The van der Waals surface area contributed by atoms with Crippen molar-refractivity contribution in [2.24, 2.45) is 0 Å². The van der Waals surface area contributed by atoms with E-state index in [4.69, 9.17) is 16.7 Å². The zero-order valence-corrected chi connectivity index (χ0v) is 15.6. The van der Waals surface area contributed by atoms with Gasteiger partial charge in [-0.15, -0.1) is 0 Å². The molecule has 0 bridgehead atoms. The van der Waals surface area contributed by atoms with Crippen molar-refractivity contribution in [3.8, 4) is 16.9 Å². The summed E-state index contributed by atoms with van der Waals surface area (Å²) in [6.07, 6.45) is 8.72. The van der Waals surface area contributed by atoms with E-state index in [1.807, 2.05) is 48.7 Å². The molecule has 4 aromatic rings. The van der Waals surface area contributed by atoms with Crippen molar-refractivity contribution in [2.45, 2.75) is 0 Å². The van der Waals surface area contributed by atoms with Crippen LogP contribution in [0.1, 0.15) is 15.9 Å². The van der Waals surface area contributed by atoms with Crippen molar-refractivity contribution in [1.82, 2.24) is 14.8 Å². The molecule has 0 N–H and O–H groups in total. The number of aromatic nitrogens is 3. The third kappa shape index (κ3) is 3.92. The molecule has 0 saturated carbocycles. The van der Waals surface area contributed by atoms with Crippen LogP contribution in [0.15, 0.2) is 91.4 Å². The van der Waals surface area contributed by atoms with Crippen LogP contribution in [0, 0.1) is 0 Å². The van der Waals surface area contributed by atoms with Gasteiger partial charge in [0.05, 0.1) is 5.69 Å². The molecule has 28 heavy (non-hydrogen) atoms. The van der Waals surface area contributed by atoms with Gasteiger partial charge in [0.2, 0.25) is 0 Å². The van der Waals surface area contributed by atoms with E-state index in [1.165, 1.54) is 0 Å². The smallest absolute Gasteiger partial charge is 0.185 e. The molecule has 0 radical (unpaired) electrons. The highest BCUT2D eigenvalue weighted by Gasteiger charge is 2.11. The highest BCUT2D eigenvalue weighted by molar-refractivity contribution is 6.30. The third-order valence-corrected chi connectivity index (χ3v) is 4.49. The number of allylic oxidation sites excluding steroid dienone is 1. The number of rotatable bonds is 5. The Kier molecular flexibility index (Phi) is 5.13. The first-order valence-electron chi connectivity index (χ1n) is 8.74. The zero-order valence-electron chi connectivity index (χ0n) is 14.9. The molecule has 136 valence electrons. The average Bonchev–Trinajstić information content (AvgIpc) is 3.18. The number of carbonyl (C=O) groups excluding carboxylic acids is 1. The lowest BCUT2D eigenvalue weighted by Crippen LogP contribution is -1.94. The van der Waals surface area contributed by atoms with Crippen LogP contribution in [-0.4, -0.2) is 20.5 Å². The Morgan fingerprint density at radius 1 is 0.964 bits per heavy atom. The number of pyridine rings is 1. The monoisotopic (exact) mass is 385 g/mol. The number of carbonyl (C=O) groups is 1. The van der Waals surface area contributed by atoms with Crippen molar-refractivity contribution >= 4 is 23.5 Å². The molecule has 0 saturated heterocycles. The molecular weight excluding hydrogens is 370 g/mol. The first kappa shape index (κ1) is 17.9. The molecular formula is C23H16ClN3O. The summed E-state index contributed by atoms with van der Waals surface area (Å²) in [7, 11) is 0. The van der Waals surface area contributed by atoms with Gasteiger partial charge < -0.3 is 0 Å². The lowest BCUT2D eigenvalue weighted by Gasteiger charge is -2.00. The zero-order chi connectivity index (χ0) is 19.3. The minimum absolute atomic E-state index is 0.0961. The second kappa shape index (κ2) is 8.03. The highest BCUT2D eigenvalue weighted by Crippen LogP contribution is 2.24. The van der Waals surface area contributed by atoms with Gasteiger partial charge in [0.1, 0.15) is 5.69 Å². The third-order valence-electron chi connectivity index (χ3n) is 4.24. The Balaban J connectivity index is 1.71. The predicted molar refractivity (Wildman–Crippen MR) is 112 cm³/mol. The van der Waals surface area contributed by atoms with Crippen LogP contribution in [0.5, 0.6) is 0 Å². The van der Waals surface area contributed by atoms with Crippen molar-refractivity contribution in [3.63, 3.8) is 0 Å². The van der Waals surface area contributed by atoms with Gasteiger partial charge in [-0.05, 0) is 60.7 Å². The van der Waals surface area contributed by atoms with E-state index in [9.17, 15) is 4.79 Å². The van der Waals surface area contributed by atoms with Gasteiger partial charge in [0, 0.05) is 40.3 Å². The Bertz CT molecular complexity index is 1120. The quantitative estimate of drug-likeness (QED) is 0.337. The summed E-state index contributed by atoms with van der Waals surface area (Å²) in [5.41, 5.74) is 4.00. The summed E-state index contributed by atoms with van der Waals surface area (Å²) in [6.45, 7) is 0. The molecule has 0 aliphatic rings. The van der Waals surface area contributed by atoms with Crippen LogP contribution in [0.4, 0.5) is 0 Å². The molecule has 2 aromatic carbocycles. The molecule has 0 atom stereocenters. The molecule has 4 nitrogen and oxygen atoms in total. The molecule has 4 rings (SSSR count). The first-order chi connectivity index (χ1) is 13.7. The second-order valence-electron chi connectivity index (χ2n) is 6.16. The fourth-order valence-electron chi connectivity index (χ4n) is 2.83. The number of ketones is 1. The molecule has 0 aliphatic heterocycles. The molecule has 2 aromatic heterocycles. The van der Waals surface area contributed by atoms with E-state index in [0.29, 0.717) is 10.6 Å². The van der Waals surface area contributed by atoms with Crippen LogP contribution in [0.25, 0.3) is 23.0 Å². The summed E-state index contributed by atoms with van der Waals surface area (Å²) in [4.78, 5) is 16.7. The molecule has 5 heteroatoms. The van der Waals surface area contributed by atoms with Gasteiger partial charge >= 0.3 is 0 Å². The molecule has 0 spiro atoms. The van der Waals surface area contributed by atoms with Gasteiger partial charge in [-0.1, -0.05) is 29.8 Å². The number of hydrogen-bond acceptors (Lipinski definition) is 3. The minimum Gasteiger partial charge on any atom is -0.289 e. The molecule has 0 unspecified atom stereocenters. The van der Waals surface area contributed by atoms with Crippen molar-refractivity contribution in [1.29, 1.82) is 0 Å². The Labute approximate surface area is 167 Å². The first-order valence-corrected chi connectivity index (χ1v) is 9.12. The maximum absolute atomic E-state index is 12.5. The normalized spacial score (nSPS) is 11.0. The second-order valence-corrected chi connectivity index (χ2v) is 6.60. The van der Waals surface area contributed by atoms with Crippen molar-refractivity contribution in [2.75, 3.05) is 0 Å². The topological polar surface area (TPSA) is 47.8 Å². The van der Waals surface area contributed by atoms with Gasteiger partial charge in [-0.2, -0.15) is 5.10 Å². The van der Waals surface area contributed by atoms with E-state index in [2.05, 4.69) is 4.98 Å². The van der Waals surface area contributed by atoms with Gasteiger partial charge in [-0.3, -0.25) is 9.78 Å². The fourth-order valence-corrected chi connectivity index (χ4v) is 2.95. The van der Waals surface area contributed by atoms with Crippen LogP contribution in [-0.2, 0) is 0 Å². The summed E-state index contributed by atoms with van der Waals surface area (Å²) < 4.78 is 1.80. The van der Waals surface area contributed by atoms with Crippen LogP contribution in [0.3, 0.4) is 0 Å². The number of benzene rings is 2. The number of para-hydroxylation sites is 1. The van der Waals surface area contributed by atoms with E-state index in [-0.39, 0.29) is 5.78 Å². The van der Waals surface area contributed by atoms with Crippen molar-refractivity contribution < 1.29 is 4.79 Å². The number of hydrogen-bond donors (Lipinski definition) is 0. The standard InChI is InChI=1S/C23H16ClN3O/c24-20-11-8-17(9-12-20)22(28)13-10-19-16-27(21-6-2-1-3-7-21)26-23(19)18-5-4-14-25-15-18/h1-16H. The summed E-state index contributed by atoms with van der Waals surface area (Å²) in [5.74, 6) is -0.0961. The van der Waals surface area contributed by atoms with Crippen LogP contribution >= 0.6 is 11.6 Å². The summed E-state index contributed by atoms with van der Waals surface area (Å²) in [5, 5.41) is 5.31. The largest absolute Gasteiger partial charge is 0.289 e. The highest BCUT2D eigenvalue weighted by atomic mass is 35.5. The lowest BCUT2D eigenvalue weighted by atomic mass is 10.1. The van der Waals surface area contributed by atoms with Gasteiger partial charge in [-0.25, -0.2) is 4.68 Å². The van der Waals surface area contributed by atoms with E-state index < -0.39 is 0 Å². The minimum atomic E-state index is -0.0961. The lowest BCUT2D eigenvalue weighted by molar-refractivity contribution is 0.104. The van der Waals surface area contributed by atoms with Gasteiger partial charge in [0.25, 0.3) is 0 Å². The molecule has 0 amide bonds. The molecule has 0 aliphatic carbocycles. The SMILES string of the molecule is O=C(C=Cc1cn(-c2ccccc2)nc1-c1cccnc1)c1ccc(Cl)cc1. The van der Waals surface area contributed by atoms with E-state index in [0.717, 1.165) is 22.5 Å². The Hall–Kier alpha value is -3.50. The molecule has 0 fully saturated rings. The fraction of sp³-hybridized carbons (Fsp3) is 0. The summed E-state index contributed by atoms with van der Waals surface area (Å²) >= 11 is 5.89. The average molecular weight is 386 g/mol. The van der Waals surface area contributed by atoms with Crippen LogP contribution < -0.4 is 0 Å². The number of nitrogens with zero attached hydrogens (tertiary/aromatic N) is 3. The number of halogens is 1. The van der Waals surface area contributed by atoms with Crippen LogP contribution in [0.2, 0.25) is 5.02 Å². The van der Waals surface area contributed by atoms with E-state index >= 15 is 0 Å². The van der Waals surface area contributed by atoms with Crippen molar-refractivity contribution in [3.05, 3.63) is 108 Å². The Morgan fingerprint density at radius 3 is 2.46 bits per heavy atom. The predicted octanol–water partition coefficient (Wildman–Crippen LogP) is 5.48. The molecule has 2 heterocycles. The Morgan fingerprint density at radius 2 is 1.75 bits per heavy atom.